The highest BCUT2D eigenvalue weighted by atomic mass is 32.2. The molecule has 130 valence electrons. The van der Waals surface area contributed by atoms with Gasteiger partial charge in [0.25, 0.3) is 5.91 Å². The monoisotopic (exact) mass is 366 g/mol. The Labute approximate surface area is 146 Å². The van der Waals surface area contributed by atoms with Crippen molar-refractivity contribution in [2.75, 3.05) is 5.32 Å². The van der Waals surface area contributed by atoms with Crippen LogP contribution in [0.2, 0.25) is 0 Å². The lowest BCUT2D eigenvalue weighted by Gasteiger charge is -2.05. The fraction of sp³-hybridized carbons (Fsp3) is 0.353. The van der Waals surface area contributed by atoms with E-state index in [0.717, 1.165) is 19.3 Å². The molecule has 0 aliphatic carbocycles. The number of rotatable bonds is 7. The van der Waals surface area contributed by atoms with Gasteiger partial charge in [0.2, 0.25) is 10.0 Å². The van der Waals surface area contributed by atoms with Gasteiger partial charge in [-0.05, 0) is 42.2 Å². The van der Waals surface area contributed by atoms with Crippen molar-refractivity contribution in [3.05, 3.63) is 51.2 Å². The normalized spacial score (nSPS) is 11.5. The third-order valence-electron chi connectivity index (χ3n) is 3.56. The number of nitrogens with one attached hydrogen (secondary N) is 1. The quantitative estimate of drug-likeness (QED) is 0.788. The number of aryl methyl sites for hydroxylation is 2. The third kappa shape index (κ3) is 5.15. The Balaban J connectivity index is 2.09. The molecule has 2 aromatic rings. The van der Waals surface area contributed by atoms with Crippen molar-refractivity contribution < 1.29 is 13.2 Å². The zero-order valence-corrected chi connectivity index (χ0v) is 15.5. The van der Waals surface area contributed by atoms with Gasteiger partial charge in [-0.3, -0.25) is 4.79 Å². The Morgan fingerprint density at radius 1 is 1.21 bits per heavy atom. The molecule has 0 aliphatic heterocycles. The number of hydrogen-bond donors (Lipinski definition) is 2. The lowest BCUT2D eigenvalue weighted by atomic mass is 10.1. The summed E-state index contributed by atoms with van der Waals surface area (Å²) >= 11 is 1.54. The molecule has 0 radical (unpaired) electrons. The van der Waals surface area contributed by atoms with E-state index in [0.29, 0.717) is 16.1 Å². The minimum atomic E-state index is -3.55. The summed E-state index contributed by atoms with van der Waals surface area (Å²) in [5, 5.41) is 7.87. The first kappa shape index (κ1) is 18.6. The maximum Gasteiger partial charge on any atom is 0.265 e. The molecule has 0 fully saturated rings. The van der Waals surface area contributed by atoms with Gasteiger partial charge in [0.15, 0.2) is 0 Å². The lowest BCUT2D eigenvalue weighted by Crippen LogP contribution is -2.14. The van der Waals surface area contributed by atoms with E-state index in [-0.39, 0.29) is 11.7 Å². The van der Waals surface area contributed by atoms with Crippen molar-refractivity contribution in [3.63, 3.8) is 0 Å². The average Bonchev–Trinajstić information content (AvgIpc) is 2.91. The van der Waals surface area contributed by atoms with Gasteiger partial charge in [-0.25, -0.2) is 13.6 Å². The van der Waals surface area contributed by atoms with E-state index < -0.39 is 10.0 Å². The first-order valence-corrected chi connectivity index (χ1v) is 10.4. The van der Waals surface area contributed by atoms with E-state index in [1.807, 2.05) is 6.07 Å². The van der Waals surface area contributed by atoms with Crippen LogP contribution in [0.15, 0.2) is 30.3 Å². The second kappa shape index (κ2) is 7.92. The number of hydrogen-bond acceptors (Lipinski definition) is 4. The minimum Gasteiger partial charge on any atom is -0.321 e. The number of sulfonamides is 1. The summed E-state index contributed by atoms with van der Waals surface area (Å²) in [6, 6.07) is 8.61. The Kier molecular flexibility index (Phi) is 6.15. The van der Waals surface area contributed by atoms with E-state index in [4.69, 9.17) is 5.14 Å². The number of thiophene rings is 1. The molecule has 1 aromatic heterocycles. The van der Waals surface area contributed by atoms with Crippen molar-refractivity contribution in [3.8, 4) is 0 Å². The molecule has 0 saturated carbocycles. The summed E-state index contributed by atoms with van der Waals surface area (Å²) < 4.78 is 22.1. The highest BCUT2D eigenvalue weighted by Gasteiger charge is 2.14. The molecule has 7 heteroatoms. The summed E-state index contributed by atoms with van der Waals surface area (Å²) in [6.07, 6.45) is 2.96. The minimum absolute atomic E-state index is 0.142. The van der Waals surface area contributed by atoms with Crippen LogP contribution < -0.4 is 10.5 Å². The predicted molar refractivity (Wildman–Crippen MR) is 98.9 cm³/mol. The van der Waals surface area contributed by atoms with E-state index in [1.54, 1.807) is 24.3 Å². The van der Waals surface area contributed by atoms with Crippen LogP contribution in [0.3, 0.4) is 0 Å². The fourth-order valence-electron chi connectivity index (χ4n) is 2.43. The second-order valence-corrected chi connectivity index (χ2v) is 8.37. The Hall–Kier alpha value is -1.70. The summed E-state index contributed by atoms with van der Waals surface area (Å²) in [5.74, 6) is -0.358. The number of benzene rings is 1. The molecule has 1 aromatic carbocycles. The van der Waals surface area contributed by atoms with Crippen LogP contribution in [-0.4, -0.2) is 14.3 Å². The molecule has 3 N–H and O–H groups in total. The smallest absolute Gasteiger partial charge is 0.265 e. The van der Waals surface area contributed by atoms with Gasteiger partial charge in [-0.15, -0.1) is 11.3 Å². The number of amides is 1. The largest absolute Gasteiger partial charge is 0.321 e. The second-order valence-electron chi connectivity index (χ2n) is 5.62. The molecular weight excluding hydrogens is 344 g/mol. The van der Waals surface area contributed by atoms with Gasteiger partial charge in [0.05, 0.1) is 10.6 Å². The highest BCUT2D eigenvalue weighted by Crippen LogP contribution is 2.25. The van der Waals surface area contributed by atoms with Gasteiger partial charge in [0, 0.05) is 10.6 Å². The van der Waals surface area contributed by atoms with Gasteiger partial charge in [-0.1, -0.05) is 32.4 Å². The number of nitrogens with two attached hydrogens (primary N) is 1. The average molecular weight is 367 g/mol. The van der Waals surface area contributed by atoms with E-state index in [9.17, 15) is 13.2 Å². The molecule has 0 saturated heterocycles. The van der Waals surface area contributed by atoms with Crippen molar-refractivity contribution in [1.29, 1.82) is 0 Å². The standard InChI is InChI=1S/C17H22N2O3S2/c1-3-5-15-13(4-2)10-16(23-15)17(20)19-14-8-6-12(7-9-14)11-24(18,21)22/h6-10H,3-5,11H2,1-2H3,(H,19,20)(H2,18,21,22). The molecule has 0 unspecified atom stereocenters. The van der Waals surface area contributed by atoms with Crippen molar-refractivity contribution >= 4 is 33.0 Å². The van der Waals surface area contributed by atoms with Crippen LogP contribution in [0.4, 0.5) is 5.69 Å². The van der Waals surface area contributed by atoms with Crippen LogP contribution in [0.25, 0.3) is 0 Å². The Bertz CT molecular complexity index is 809. The fourth-order valence-corrected chi connectivity index (χ4v) is 4.33. The first-order valence-electron chi connectivity index (χ1n) is 7.84. The van der Waals surface area contributed by atoms with E-state index in [2.05, 4.69) is 19.2 Å². The zero-order valence-electron chi connectivity index (χ0n) is 13.8. The first-order chi connectivity index (χ1) is 11.3. The number of primary sulfonamides is 1. The van der Waals surface area contributed by atoms with Crippen LogP contribution in [-0.2, 0) is 28.6 Å². The van der Waals surface area contributed by atoms with E-state index in [1.165, 1.54) is 21.8 Å². The molecule has 1 amide bonds. The maximum atomic E-state index is 12.4. The van der Waals surface area contributed by atoms with Crippen molar-refractivity contribution in [2.24, 2.45) is 5.14 Å². The number of carbonyl (C=O) groups is 1. The SMILES string of the molecule is CCCc1sc(C(=O)Nc2ccc(CS(N)(=O)=O)cc2)cc1CC. The van der Waals surface area contributed by atoms with Gasteiger partial charge in [-0.2, -0.15) is 0 Å². The summed E-state index contributed by atoms with van der Waals surface area (Å²) in [7, 11) is -3.55. The Morgan fingerprint density at radius 3 is 2.42 bits per heavy atom. The molecule has 5 nitrogen and oxygen atoms in total. The molecular formula is C17H22N2O3S2. The third-order valence-corrected chi connectivity index (χ3v) is 5.53. The number of carbonyl (C=O) groups excluding carboxylic acids is 1. The molecule has 1 heterocycles. The van der Waals surface area contributed by atoms with Gasteiger partial charge >= 0.3 is 0 Å². The van der Waals surface area contributed by atoms with Crippen LogP contribution in [0, 0.1) is 0 Å². The van der Waals surface area contributed by atoms with Crippen molar-refractivity contribution in [1.82, 2.24) is 0 Å². The van der Waals surface area contributed by atoms with Crippen molar-refractivity contribution in [2.45, 2.75) is 38.9 Å². The van der Waals surface area contributed by atoms with Crippen LogP contribution in [0.1, 0.15) is 45.9 Å². The maximum absolute atomic E-state index is 12.4. The zero-order chi connectivity index (χ0) is 17.7. The van der Waals surface area contributed by atoms with E-state index >= 15 is 0 Å². The summed E-state index contributed by atoms with van der Waals surface area (Å²) in [6.45, 7) is 4.22. The van der Waals surface area contributed by atoms with Gasteiger partial charge in [0.1, 0.15) is 0 Å². The molecule has 2 rings (SSSR count). The topological polar surface area (TPSA) is 89.3 Å². The highest BCUT2D eigenvalue weighted by molar-refractivity contribution is 7.88. The summed E-state index contributed by atoms with van der Waals surface area (Å²) in [4.78, 5) is 14.4. The summed E-state index contributed by atoms with van der Waals surface area (Å²) in [5.41, 5.74) is 2.45. The molecule has 0 aliphatic rings. The van der Waals surface area contributed by atoms with Gasteiger partial charge < -0.3 is 5.32 Å². The molecule has 0 atom stereocenters. The van der Waals surface area contributed by atoms with Crippen LogP contribution >= 0.6 is 11.3 Å². The molecule has 0 spiro atoms. The number of anilines is 1. The Morgan fingerprint density at radius 2 is 1.88 bits per heavy atom. The predicted octanol–water partition coefficient (Wildman–Crippen LogP) is 3.30. The lowest BCUT2D eigenvalue weighted by molar-refractivity contribution is 0.103. The molecule has 0 bridgehead atoms. The molecule has 24 heavy (non-hydrogen) atoms. The van der Waals surface area contributed by atoms with Crippen LogP contribution in [0.5, 0.6) is 0 Å².